The monoisotopic (exact) mass is 394 g/mol. The smallest absolute Gasteiger partial charge is 0.256 e. The number of carbonyl (C=O) groups excluding carboxylic acids is 1. The molecule has 0 spiro atoms. The minimum absolute atomic E-state index is 0.0326. The van der Waals surface area contributed by atoms with E-state index in [1.165, 1.54) is 39.5 Å². The molecule has 0 aliphatic carbocycles. The highest BCUT2D eigenvalue weighted by molar-refractivity contribution is 7.89. The molecule has 1 aliphatic heterocycles. The van der Waals surface area contributed by atoms with Crippen molar-refractivity contribution in [3.05, 3.63) is 65.2 Å². The number of benzene rings is 2. The summed E-state index contributed by atoms with van der Waals surface area (Å²) in [6, 6.07) is 9.36. The summed E-state index contributed by atoms with van der Waals surface area (Å²) >= 11 is 0. The lowest BCUT2D eigenvalue weighted by molar-refractivity contribution is 0.0759. The van der Waals surface area contributed by atoms with Crippen LogP contribution in [-0.4, -0.2) is 49.7 Å². The van der Waals surface area contributed by atoms with Gasteiger partial charge in [-0.2, -0.15) is 4.31 Å². The molecule has 1 heterocycles. The van der Waals surface area contributed by atoms with E-state index in [2.05, 4.69) is 0 Å². The highest BCUT2D eigenvalue weighted by Gasteiger charge is 2.30. The second kappa shape index (κ2) is 7.74. The van der Waals surface area contributed by atoms with Crippen molar-refractivity contribution < 1.29 is 22.0 Å². The van der Waals surface area contributed by atoms with Gasteiger partial charge in [0.15, 0.2) is 0 Å². The highest BCUT2D eigenvalue weighted by atomic mass is 32.2. The maximum absolute atomic E-state index is 13.9. The van der Waals surface area contributed by atoms with Crippen molar-refractivity contribution in [3.8, 4) is 0 Å². The Bertz CT molecular complexity index is 963. The van der Waals surface area contributed by atoms with Crippen LogP contribution in [-0.2, 0) is 10.0 Å². The molecule has 2 aromatic rings. The lowest BCUT2D eigenvalue weighted by Crippen LogP contribution is -2.37. The number of halogens is 2. The van der Waals surface area contributed by atoms with E-state index in [1.807, 2.05) is 0 Å². The molecule has 27 heavy (non-hydrogen) atoms. The first kappa shape index (κ1) is 19.4. The van der Waals surface area contributed by atoms with E-state index in [0.29, 0.717) is 18.5 Å². The van der Waals surface area contributed by atoms with Gasteiger partial charge in [-0.3, -0.25) is 4.79 Å². The van der Waals surface area contributed by atoms with Crippen LogP contribution in [0.1, 0.15) is 22.3 Å². The van der Waals surface area contributed by atoms with Crippen molar-refractivity contribution in [2.24, 2.45) is 0 Å². The predicted octanol–water partition coefficient (Wildman–Crippen LogP) is 2.81. The molecule has 0 N–H and O–H groups in total. The first-order valence-electron chi connectivity index (χ1n) is 8.61. The Morgan fingerprint density at radius 1 is 1.00 bits per heavy atom. The molecule has 5 nitrogen and oxygen atoms in total. The first-order chi connectivity index (χ1) is 12.8. The van der Waals surface area contributed by atoms with Crippen LogP contribution in [0, 0.1) is 18.6 Å². The SMILES string of the molecule is Cc1ccc(F)cc1S(=O)(=O)N1CCCN(C(=O)c2ccccc2F)CC1. The van der Waals surface area contributed by atoms with Gasteiger partial charge >= 0.3 is 0 Å². The number of hydrogen-bond donors (Lipinski definition) is 0. The zero-order valence-corrected chi connectivity index (χ0v) is 15.7. The van der Waals surface area contributed by atoms with E-state index in [0.717, 1.165) is 6.07 Å². The quantitative estimate of drug-likeness (QED) is 0.804. The lowest BCUT2D eigenvalue weighted by atomic mass is 10.2. The lowest BCUT2D eigenvalue weighted by Gasteiger charge is -2.22. The summed E-state index contributed by atoms with van der Waals surface area (Å²) in [5, 5.41) is 0. The fraction of sp³-hybridized carbons (Fsp3) is 0.316. The van der Waals surface area contributed by atoms with Crippen LogP contribution in [0.15, 0.2) is 47.4 Å². The standard InChI is InChI=1S/C19H20F2N2O3S/c1-14-7-8-15(20)13-18(14)27(25,26)23-10-4-9-22(11-12-23)19(24)16-5-2-3-6-17(16)21/h2-3,5-8,13H,4,9-12H2,1H3. The summed E-state index contributed by atoms with van der Waals surface area (Å²) in [6.45, 7) is 2.35. The summed E-state index contributed by atoms with van der Waals surface area (Å²) in [6.07, 6.45) is 0.411. The minimum Gasteiger partial charge on any atom is -0.337 e. The average molecular weight is 394 g/mol. The molecule has 0 radical (unpaired) electrons. The second-order valence-corrected chi connectivity index (χ2v) is 8.35. The fourth-order valence-electron chi connectivity index (χ4n) is 3.13. The van der Waals surface area contributed by atoms with Gasteiger partial charge in [0.1, 0.15) is 11.6 Å². The number of carbonyl (C=O) groups is 1. The van der Waals surface area contributed by atoms with E-state index < -0.39 is 27.6 Å². The number of nitrogens with zero attached hydrogens (tertiary/aromatic N) is 2. The van der Waals surface area contributed by atoms with E-state index >= 15 is 0 Å². The van der Waals surface area contributed by atoms with E-state index in [1.54, 1.807) is 13.0 Å². The molecule has 2 aromatic carbocycles. The van der Waals surface area contributed by atoms with Crippen molar-refractivity contribution in [2.45, 2.75) is 18.2 Å². The molecule has 144 valence electrons. The maximum atomic E-state index is 13.9. The van der Waals surface area contributed by atoms with Crippen LogP contribution >= 0.6 is 0 Å². The molecule has 0 aromatic heterocycles. The molecular weight excluding hydrogens is 374 g/mol. The largest absolute Gasteiger partial charge is 0.337 e. The summed E-state index contributed by atoms with van der Waals surface area (Å²) in [5.41, 5.74) is 0.426. The second-order valence-electron chi connectivity index (χ2n) is 6.44. The Hall–Kier alpha value is -2.32. The Kier molecular flexibility index (Phi) is 5.57. The Morgan fingerprint density at radius 2 is 1.74 bits per heavy atom. The zero-order chi connectivity index (χ0) is 19.6. The molecule has 0 bridgehead atoms. The Morgan fingerprint density at radius 3 is 2.48 bits per heavy atom. The number of amides is 1. The van der Waals surface area contributed by atoms with Gasteiger partial charge in [-0.25, -0.2) is 17.2 Å². The third kappa shape index (κ3) is 4.01. The molecule has 1 amide bonds. The van der Waals surface area contributed by atoms with Crippen molar-refractivity contribution >= 4 is 15.9 Å². The van der Waals surface area contributed by atoms with Gasteiger partial charge < -0.3 is 4.90 Å². The third-order valence-electron chi connectivity index (χ3n) is 4.61. The highest BCUT2D eigenvalue weighted by Crippen LogP contribution is 2.23. The van der Waals surface area contributed by atoms with E-state index in [-0.39, 0.29) is 30.1 Å². The summed E-state index contributed by atoms with van der Waals surface area (Å²) in [5.74, 6) is -1.69. The Balaban J connectivity index is 1.79. The van der Waals surface area contributed by atoms with Crippen LogP contribution in [0.25, 0.3) is 0 Å². The molecular formula is C19H20F2N2O3S. The van der Waals surface area contributed by atoms with Gasteiger partial charge in [0.05, 0.1) is 10.5 Å². The van der Waals surface area contributed by atoms with Crippen LogP contribution in [0.2, 0.25) is 0 Å². The molecule has 1 saturated heterocycles. The van der Waals surface area contributed by atoms with E-state index in [4.69, 9.17) is 0 Å². The normalized spacial score (nSPS) is 16.2. The van der Waals surface area contributed by atoms with Crippen LogP contribution in [0.5, 0.6) is 0 Å². The third-order valence-corrected chi connectivity index (χ3v) is 6.65. The number of rotatable bonds is 3. The van der Waals surface area contributed by atoms with Gasteiger partial charge in [-0.05, 0) is 43.2 Å². The Labute approximate surface area is 157 Å². The predicted molar refractivity (Wildman–Crippen MR) is 96.8 cm³/mol. The average Bonchev–Trinajstić information content (AvgIpc) is 2.90. The molecule has 1 aliphatic rings. The molecule has 1 fully saturated rings. The van der Waals surface area contributed by atoms with Crippen LogP contribution in [0.4, 0.5) is 8.78 Å². The van der Waals surface area contributed by atoms with E-state index in [9.17, 15) is 22.0 Å². The van der Waals surface area contributed by atoms with Gasteiger partial charge in [-0.1, -0.05) is 18.2 Å². The molecule has 0 atom stereocenters. The van der Waals surface area contributed by atoms with Crippen LogP contribution in [0.3, 0.4) is 0 Å². The number of aryl methyl sites for hydroxylation is 1. The van der Waals surface area contributed by atoms with Crippen LogP contribution < -0.4 is 0 Å². The molecule has 8 heteroatoms. The summed E-state index contributed by atoms with van der Waals surface area (Å²) < 4.78 is 54.5. The maximum Gasteiger partial charge on any atom is 0.256 e. The van der Waals surface area contributed by atoms with Gasteiger partial charge in [0.25, 0.3) is 5.91 Å². The van der Waals surface area contributed by atoms with Gasteiger partial charge in [0, 0.05) is 26.2 Å². The van der Waals surface area contributed by atoms with Crippen molar-refractivity contribution in [1.29, 1.82) is 0 Å². The fourth-order valence-corrected chi connectivity index (χ4v) is 4.84. The molecule has 3 rings (SSSR count). The van der Waals surface area contributed by atoms with Gasteiger partial charge in [0.2, 0.25) is 10.0 Å². The number of hydrogen-bond acceptors (Lipinski definition) is 3. The minimum atomic E-state index is -3.88. The van der Waals surface area contributed by atoms with Crippen molar-refractivity contribution in [3.63, 3.8) is 0 Å². The molecule has 0 saturated carbocycles. The topological polar surface area (TPSA) is 57.7 Å². The summed E-state index contributed by atoms with van der Waals surface area (Å²) in [7, 11) is -3.88. The summed E-state index contributed by atoms with van der Waals surface area (Å²) in [4.78, 5) is 13.9. The van der Waals surface area contributed by atoms with Crippen molar-refractivity contribution in [1.82, 2.24) is 9.21 Å². The zero-order valence-electron chi connectivity index (χ0n) is 14.9. The van der Waals surface area contributed by atoms with Crippen molar-refractivity contribution in [2.75, 3.05) is 26.2 Å². The first-order valence-corrected chi connectivity index (χ1v) is 10.0. The molecule has 0 unspecified atom stereocenters. The van der Waals surface area contributed by atoms with Gasteiger partial charge in [-0.15, -0.1) is 0 Å². The number of sulfonamides is 1.